The number of aliphatic imine (C=N–C) groups is 1. The van der Waals surface area contributed by atoms with Crippen molar-refractivity contribution in [2.24, 2.45) is 10.7 Å². The molecule has 1 fully saturated rings. The minimum atomic E-state index is -0.930. The number of rotatable bonds is 1. The van der Waals surface area contributed by atoms with Gasteiger partial charge >= 0.3 is 0 Å². The van der Waals surface area contributed by atoms with Gasteiger partial charge in [0.2, 0.25) is 0 Å². The zero-order valence-electron chi connectivity index (χ0n) is 15.3. The van der Waals surface area contributed by atoms with E-state index in [1.54, 1.807) is 0 Å². The summed E-state index contributed by atoms with van der Waals surface area (Å²) in [5.74, 6) is 7.68. The van der Waals surface area contributed by atoms with E-state index >= 15 is 0 Å². The Morgan fingerprint density at radius 3 is 2.93 bits per heavy atom. The molecule has 5 heteroatoms. The van der Waals surface area contributed by atoms with Crippen LogP contribution in [0.5, 0.6) is 0 Å². The summed E-state index contributed by atoms with van der Waals surface area (Å²) in [5.41, 5.74) is 9.85. The molecule has 1 aromatic rings. The first-order valence-corrected chi connectivity index (χ1v) is 11.7. The van der Waals surface area contributed by atoms with Gasteiger partial charge in [-0.3, -0.25) is 9.20 Å². The summed E-state index contributed by atoms with van der Waals surface area (Å²) in [6.45, 7) is 1.87. The van der Waals surface area contributed by atoms with Crippen molar-refractivity contribution < 1.29 is 4.21 Å². The Labute approximate surface area is 167 Å². The average molecular weight is 395 g/mol. The second kappa shape index (κ2) is 6.39. The molecule has 2 heterocycles. The zero-order chi connectivity index (χ0) is 18.6. The number of nitrogens with two attached hydrogens (primary N) is 1. The number of hydrogen-bond acceptors (Lipinski definition) is 4. The molecular weight excluding hydrogens is 372 g/mol. The fourth-order valence-corrected chi connectivity index (χ4v) is 7.67. The van der Waals surface area contributed by atoms with E-state index < -0.39 is 10.8 Å². The number of hydrogen-bond donors (Lipinski definition) is 1. The molecule has 3 nitrogen and oxygen atoms in total. The second-order valence-electron chi connectivity index (χ2n) is 7.65. The van der Waals surface area contributed by atoms with Crippen LogP contribution in [0.4, 0.5) is 0 Å². The fourth-order valence-electron chi connectivity index (χ4n) is 4.46. The van der Waals surface area contributed by atoms with Gasteiger partial charge in [0.15, 0.2) is 0 Å². The second-order valence-corrected chi connectivity index (χ2v) is 10.7. The Bertz CT molecular complexity index is 991. The fraction of sp³-hybridized carbons (Fsp3) is 0.409. The van der Waals surface area contributed by atoms with Gasteiger partial charge in [-0.2, -0.15) is 0 Å². The predicted molar refractivity (Wildman–Crippen MR) is 114 cm³/mol. The maximum Gasteiger partial charge on any atom is 0.113 e. The van der Waals surface area contributed by atoms with Crippen LogP contribution in [-0.2, 0) is 10.8 Å². The van der Waals surface area contributed by atoms with Crippen molar-refractivity contribution in [3.8, 4) is 11.8 Å². The molecule has 0 bridgehead atoms. The lowest BCUT2D eigenvalue weighted by molar-refractivity contribution is 0.431. The molecule has 2 aliphatic heterocycles. The third-order valence-corrected chi connectivity index (χ3v) is 9.61. The van der Waals surface area contributed by atoms with Crippen LogP contribution >= 0.6 is 11.8 Å². The molecule has 0 saturated heterocycles. The van der Waals surface area contributed by atoms with Crippen molar-refractivity contribution in [3.05, 3.63) is 53.1 Å². The van der Waals surface area contributed by atoms with E-state index in [0.717, 1.165) is 30.4 Å². The summed E-state index contributed by atoms with van der Waals surface area (Å²) in [6, 6.07) is 6.42. The highest BCUT2D eigenvalue weighted by Crippen LogP contribution is 2.50. The molecule has 0 amide bonds. The van der Waals surface area contributed by atoms with Gasteiger partial charge in [-0.15, -0.1) is 17.7 Å². The molecule has 4 unspecified atom stereocenters. The summed E-state index contributed by atoms with van der Waals surface area (Å²) in [5, 5.41) is 0.418. The SMILES string of the molecule is CC#Cc1ccc2c(c1)C1C=C(C3CS(=O)C4(CCC4)C(N)=N3)C=CC1S2. The molecule has 4 aliphatic rings. The minimum Gasteiger partial charge on any atom is -0.386 e. The van der Waals surface area contributed by atoms with Gasteiger partial charge in [0.05, 0.1) is 11.8 Å². The van der Waals surface area contributed by atoms with Crippen LogP contribution in [0, 0.1) is 11.8 Å². The lowest BCUT2D eigenvalue weighted by Crippen LogP contribution is -2.57. The predicted octanol–water partition coefficient (Wildman–Crippen LogP) is 3.52. The van der Waals surface area contributed by atoms with Crippen molar-refractivity contribution in [2.45, 2.75) is 53.0 Å². The third kappa shape index (κ3) is 2.65. The van der Waals surface area contributed by atoms with Crippen LogP contribution in [0.2, 0.25) is 0 Å². The number of nitrogens with zero attached hydrogens (tertiary/aromatic N) is 1. The maximum atomic E-state index is 12.9. The summed E-state index contributed by atoms with van der Waals surface area (Å²) in [4.78, 5) is 6.13. The smallest absolute Gasteiger partial charge is 0.113 e. The van der Waals surface area contributed by atoms with Crippen LogP contribution in [-0.4, -0.2) is 31.8 Å². The number of benzene rings is 1. The molecule has 0 radical (unpaired) electrons. The van der Waals surface area contributed by atoms with Gasteiger partial charge in [-0.1, -0.05) is 24.1 Å². The first-order valence-electron chi connectivity index (χ1n) is 9.46. The van der Waals surface area contributed by atoms with Crippen LogP contribution in [0.1, 0.15) is 43.2 Å². The Morgan fingerprint density at radius 2 is 2.22 bits per heavy atom. The molecule has 4 atom stereocenters. The van der Waals surface area contributed by atoms with Gasteiger partial charge in [0.1, 0.15) is 10.6 Å². The molecule has 27 heavy (non-hydrogen) atoms. The monoisotopic (exact) mass is 394 g/mol. The van der Waals surface area contributed by atoms with E-state index in [-0.39, 0.29) is 10.8 Å². The third-order valence-electron chi connectivity index (χ3n) is 6.16. The largest absolute Gasteiger partial charge is 0.386 e. The summed E-state index contributed by atoms with van der Waals surface area (Å²) in [7, 11) is -0.930. The molecule has 5 rings (SSSR count). The van der Waals surface area contributed by atoms with Gasteiger partial charge in [-0.25, -0.2) is 0 Å². The van der Waals surface area contributed by atoms with Gasteiger partial charge < -0.3 is 5.73 Å². The topological polar surface area (TPSA) is 55.5 Å². The lowest BCUT2D eigenvalue weighted by Gasteiger charge is -2.44. The van der Waals surface area contributed by atoms with E-state index in [4.69, 9.17) is 10.7 Å². The average Bonchev–Trinajstić information content (AvgIpc) is 2.97. The molecule has 138 valence electrons. The van der Waals surface area contributed by atoms with Gasteiger partial charge in [-0.05, 0) is 55.5 Å². The van der Waals surface area contributed by atoms with Crippen LogP contribution in [0.3, 0.4) is 0 Å². The van der Waals surface area contributed by atoms with Crippen molar-refractivity contribution in [2.75, 3.05) is 5.75 Å². The van der Waals surface area contributed by atoms with E-state index in [9.17, 15) is 4.21 Å². The van der Waals surface area contributed by atoms with Crippen molar-refractivity contribution in [1.29, 1.82) is 0 Å². The summed E-state index contributed by atoms with van der Waals surface area (Å²) < 4.78 is 12.6. The highest BCUT2D eigenvalue weighted by Gasteiger charge is 2.50. The maximum absolute atomic E-state index is 12.9. The van der Waals surface area contributed by atoms with Crippen molar-refractivity contribution >= 4 is 28.4 Å². The lowest BCUT2D eigenvalue weighted by atomic mass is 9.82. The van der Waals surface area contributed by atoms with Crippen molar-refractivity contribution in [3.63, 3.8) is 0 Å². The number of thioether (sulfide) groups is 1. The van der Waals surface area contributed by atoms with Gasteiger partial charge in [0.25, 0.3) is 0 Å². The molecule has 2 N–H and O–H groups in total. The molecular formula is C22H22N2OS2. The first-order chi connectivity index (χ1) is 13.1. The Kier molecular flexibility index (Phi) is 4.10. The van der Waals surface area contributed by atoms with E-state index in [2.05, 4.69) is 48.3 Å². The van der Waals surface area contributed by atoms with Crippen LogP contribution in [0.25, 0.3) is 0 Å². The quantitative estimate of drug-likeness (QED) is 0.742. The number of amidine groups is 1. The van der Waals surface area contributed by atoms with E-state index in [1.165, 1.54) is 10.5 Å². The molecule has 1 spiro atoms. The standard InChI is InChI=1S/C22H22N2OS2/c1-2-4-14-5-7-19-16(11-14)17-12-15(6-8-20(17)26-19)18-13-27(25)22(9-3-10-22)21(23)24-18/h5-8,11-12,17-18,20H,3,9-10,13H2,1H3,(H2,23,24). The van der Waals surface area contributed by atoms with Crippen LogP contribution < -0.4 is 5.73 Å². The first kappa shape index (κ1) is 17.3. The van der Waals surface area contributed by atoms with Gasteiger partial charge in [0, 0.05) is 32.4 Å². The molecule has 1 saturated carbocycles. The molecule has 0 aromatic heterocycles. The molecule has 2 aliphatic carbocycles. The zero-order valence-corrected chi connectivity index (χ0v) is 16.9. The van der Waals surface area contributed by atoms with E-state index in [0.29, 0.717) is 22.8 Å². The normalized spacial score (nSPS) is 32.5. The highest BCUT2D eigenvalue weighted by atomic mass is 32.2. The molecule has 1 aromatic carbocycles. The number of allylic oxidation sites excluding steroid dienone is 1. The number of fused-ring (bicyclic) bond motifs is 3. The Balaban J connectivity index is 1.48. The summed E-state index contributed by atoms with van der Waals surface area (Å²) in [6.07, 6.45) is 9.72. The van der Waals surface area contributed by atoms with E-state index in [1.807, 2.05) is 18.7 Å². The Hall–Kier alpha value is -1.77. The summed E-state index contributed by atoms with van der Waals surface area (Å²) >= 11 is 1.91. The van der Waals surface area contributed by atoms with Crippen LogP contribution in [0.15, 0.2) is 51.9 Å². The highest BCUT2D eigenvalue weighted by molar-refractivity contribution is 8.00. The Morgan fingerprint density at radius 1 is 1.37 bits per heavy atom. The minimum absolute atomic E-state index is 0.0816. The van der Waals surface area contributed by atoms with Crippen molar-refractivity contribution in [1.82, 2.24) is 0 Å².